The van der Waals surface area contributed by atoms with Crippen LogP contribution in [0, 0.1) is 0 Å². The molecule has 22 heavy (non-hydrogen) atoms. The summed E-state index contributed by atoms with van der Waals surface area (Å²) in [4.78, 5) is 26.8. The zero-order chi connectivity index (χ0) is 15.9. The lowest BCUT2D eigenvalue weighted by Crippen LogP contribution is -2.63. The molecule has 3 rings (SSSR count). The van der Waals surface area contributed by atoms with Crippen LogP contribution in [0.1, 0.15) is 61.5 Å². The molecular formula is C16H24N4O2. The first-order valence-electron chi connectivity index (χ1n) is 8.05. The number of hydrogen-bond donors (Lipinski definition) is 1. The number of carbonyl (C=O) groups excluding carboxylic acids is 2. The third-order valence-electron chi connectivity index (χ3n) is 4.93. The fraction of sp³-hybridized carbons (Fsp3) is 0.688. The van der Waals surface area contributed by atoms with Crippen LogP contribution in [0.5, 0.6) is 0 Å². The molecule has 2 aliphatic rings. The van der Waals surface area contributed by atoms with E-state index in [2.05, 4.69) is 10.4 Å². The number of rotatable bonds is 2. The number of piperazine rings is 1. The molecule has 1 aliphatic carbocycles. The number of hydrogen-bond acceptors (Lipinski definition) is 3. The summed E-state index contributed by atoms with van der Waals surface area (Å²) < 4.78 is 1.72. The van der Waals surface area contributed by atoms with Crippen molar-refractivity contribution >= 4 is 11.8 Å². The Kier molecular flexibility index (Phi) is 3.70. The molecule has 0 spiro atoms. The first-order chi connectivity index (χ1) is 10.4. The van der Waals surface area contributed by atoms with Crippen LogP contribution in [0.25, 0.3) is 0 Å². The van der Waals surface area contributed by atoms with Crippen molar-refractivity contribution in [3.63, 3.8) is 0 Å². The van der Waals surface area contributed by atoms with Crippen molar-refractivity contribution in [3.8, 4) is 0 Å². The molecule has 2 amide bonds. The van der Waals surface area contributed by atoms with Gasteiger partial charge in [-0.25, -0.2) is 0 Å². The van der Waals surface area contributed by atoms with Crippen LogP contribution in [-0.2, 0) is 11.8 Å². The summed E-state index contributed by atoms with van der Waals surface area (Å²) >= 11 is 0. The second-order valence-electron chi connectivity index (χ2n) is 6.85. The zero-order valence-electron chi connectivity index (χ0n) is 13.6. The molecule has 0 bridgehead atoms. The van der Waals surface area contributed by atoms with Crippen molar-refractivity contribution in [2.75, 3.05) is 13.1 Å². The molecule has 1 aliphatic heterocycles. The summed E-state index contributed by atoms with van der Waals surface area (Å²) in [6, 6.07) is 0. The molecule has 0 radical (unpaired) electrons. The number of nitrogens with zero attached hydrogens (tertiary/aromatic N) is 3. The summed E-state index contributed by atoms with van der Waals surface area (Å²) in [5, 5.41) is 7.37. The predicted octanol–water partition coefficient (Wildman–Crippen LogP) is 1.43. The lowest BCUT2D eigenvalue weighted by molar-refractivity contribution is -0.133. The maximum absolute atomic E-state index is 13.0. The summed E-state index contributed by atoms with van der Waals surface area (Å²) in [6.07, 6.45) is 6.40. The molecule has 0 unspecified atom stereocenters. The van der Waals surface area contributed by atoms with E-state index in [-0.39, 0.29) is 11.8 Å². The third kappa shape index (κ3) is 2.40. The summed E-state index contributed by atoms with van der Waals surface area (Å²) in [5.41, 5.74) is 0.752. The Morgan fingerprint density at radius 2 is 2.05 bits per heavy atom. The van der Waals surface area contributed by atoms with Gasteiger partial charge in [-0.15, -0.1) is 0 Å². The van der Waals surface area contributed by atoms with Crippen LogP contribution in [0.3, 0.4) is 0 Å². The van der Waals surface area contributed by atoms with Gasteiger partial charge in [0.2, 0.25) is 5.91 Å². The fourth-order valence-corrected chi connectivity index (χ4v) is 3.57. The van der Waals surface area contributed by atoms with Gasteiger partial charge in [-0.2, -0.15) is 5.10 Å². The van der Waals surface area contributed by atoms with Crippen LogP contribution >= 0.6 is 0 Å². The van der Waals surface area contributed by atoms with E-state index in [4.69, 9.17) is 0 Å². The highest BCUT2D eigenvalue weighted by atomic mass is 16.2. The van der Waals surface area contributed by atoms with Gasteiger partial charge in [0.1, 0.15) is 5.54 Å². The Balaban J connectivity index is 1.93. The highest BCUT2D eigenvalue weighted by molar-refractivity contribution is 6.00. The Morgan fingerprint density at radius 1 is 1.36 bits per heavy atom. The second-order valence-corrected chi connectivity index (χ2v) is 6.85. The van der Waals surface area contributed by atoms with Crippen LogP contribution in [-0.4, -0.2) is 45.1 Å². The first kappa shape index (κ1) is 15.1. The smallest absolute Gasteiger partial charge is 0.258 e. The number of nitrogens with one attached hydrogen (secondary N) is 1. The number of amides is 2. The van der Waals surface area contributed by atoms with E-state index in [1.807, 2.05) is 7.05 Å². The van der Waals surface area contributed by atoms with Gasteiger partial charge in [0.05, 0.1) is 11.3 Å². The maximum atomic E-state index is 13.0. The Morgan fingerprint density at radius 3 is 2.73 bits per heavy atom. The van der Waals surface area contributed by atoms with Crippen molar-refractivity contribution in [3.05, 3.63) is 17.5 Å². The summed E-state index contributed by atoms with van der Waals surface area (Å²) in [6.45, 7) is 4.64. The molecular weight excluding hydrogens is 280 g/mol. The maximum Gasteiger partial charge on any atom is 0.258 e. The largest absolute Gasteiger partial charge is 0.352 e. The lowest BCUT2D eigenvalue weighted by atomic mass is 9.95. The van der Waals surface area contributed by atoms with Gasteiger partial charge in [-0.1, -0.05) is 12.8 Å². The molecule has 1 N–H and O–H groups in total. The van der Waals surface area contributed by atoms with Crippen molar-refractivity contribution in [2.24, 2.45) is 7.05 Å². The van der Waals surface area contributed by atoms with E-state index in [0.29, 0.717) is 24.6 Å². The van der Waals surface area contributed by atoms with Gasteiger partial charge in [-0.3, -0.25) is 14.3 Å². The minimum Gasteiger partial charge on any atom is -0.352 e. The average Bonchev–Trinajstić information content (AvgIpc) is 3.09. The summed E-state index contributed by atoms with van der Waals surface area (Å²) in [7, 11) is 1.85. The zero-order valence-corrected chi connectivity index (χ0v) is 13.6. The molecule has 1 aromatic heterocycles. The molecule has 2 fully saturated rings. The van der Waals surface area contributed by atoms with Gasteiger partial charge in [0, 0.05) is 32.3 Å². The van der Waals surface area contributed by atoms with Crippen LogP contribution in [0.15, 0.2) is 6.20 Å². The number of aromatic nitrogens is 2. The molecule has 0 atom stereocenters. The molecule has 6 nitrogen and oxygen atoms in total. The minimum atomic E-state index is -0.821. The molecule has 1 aromatic rings. The molecule has 2 heterocycles. The van der Waals surface area contributed by atoms with E-state index < -0.39 is 5.54 Å². The Bertz CT molecular complexity index is 599. The molecule has 120 valence electrons. The Hall–Kier alpha value is -1.85. The second kappa shape index (κ2) is 5.41. The van der Waals surface area contributed by atoms with E-state index >= 15 is 0 Å². The highest BCUT2D eigenvalue weighted by Crippen LogP contribution is 2.35. The van der Waals surface area contributed by atoms with Crippen LogP contribution < -0.4 is 5.32 Å². The van der Waals surface area contributed by atoms with Crippen LogP contribution in [0.2, 0.25) is 0 Å². The lowest BCUT2D eigenvalue weighted by Gasteiger charge is -2.41. The van der Waals surface area contributed by atoms with Crippen molar-refractivity contribution in [1.29, 1.82) is 0 Å². The fourth-order valence-electron chi connectivity index (χ4n) is 3.57. The van der Waals surface area contributed by atoms with Gasteiger partial charge < -0.3 is 10.2 Å². The Labute approximate surface area is 130 Å². The summed E-state index contributed by atoms with van der Waals surface area (Å²) in [5.74, 6) is 0.204. The normalized spacial score (nSPS) is 22.0. The van der Waals surface area contributed by atoms with Crippen molar-refractivity contribution in [2.45, 2.75) is 51.0 Å². The average molecular weight is 304 g/mol. The highest BCUT2D eigenvalue weighted by Gasteiger charge is 2.42. The molecule has 1 saturated carbocycles. The van der Waals surface area contributed by atoms with Gasteiger partial charge in [-0.05, 0) is 26.7 Å². The first-order valence-corrected chi connectivity index (χ1v) is 8.05. The van der Waals surface area contributed by atoms with Gasteiger partial charge in [0.15, 0.2) is 0 Å². The van der Waals surface area contributed by atoms with Crippen LogP contribution in [0.4, 0.5) is 0 Å². The number of aryl methyl sites for hydroxylation is 1. The quantitative estimate of drug-likeness (QED) is 0.899. The monoisotopic (exact) mass is 304 g/mol. The minimum absolute atomic E-state index is 0.0742. The standard InChI is InChI=1S/C16H24N4O2/c1-16(2)15(22)17-8-9-20(16)14(21)12-10-19(3)18-13(12)11-6-4-5-7-11/h10-11H,4-9H2,1-3H3,(H,17,22). The van der Waals surface area contributed by atoms with Crippen molar-refractivity contribution < 1.29 is 9.59 Å². The SMILES string of the molecule is Cn1cc(C(=O)N2CCNC(=O)C2(C)C)c(C2CCCC2)n1. The molecule has 0 aromatic carbocycles. The van der Waals surface area contributed by atoms with E-state index in [9.17, 15) is 9.59 Å². The molecule has 1 saturated heterocycles. The van der Waals surface area contributed by atoms with E-state index in [1.165, 1.54) is 12.8 Å². The molecule has 6 heteroatoms. The van der Waals surface area contributed by atoms with Gasteiger partial charge >= 0.3 is 0 Å². The predicted molar refractivity (Wildman–Crippen MR) is 82.5 cm³/mol. The topological polar surface area (TPSA) is 67.2 Å². The third-order valence-corrected chi connectivity index (χ3v) is 4.93. The van der Waals surface area contributed by atoms with E-state index in [0.717, 1.165) is 18.5 Å². The van der Waals surface area contributed by atoms with Crippen molar-refractivity contribution in [1.82, 2.24) is 20.0 Å². The van der Waals surface area contributed by atoms with E-state index in [1.54, 1.807) is 29.6 Å². The number of carbonyl (C=O) groups is 2. The van der Waals surface area contributed by atoms with Gasteiger partial charge in [0.25, 0.3) is 5.91 Å².